The van der Waals surface area contributed by atoms with Crippen molar-refractivity contribution in [3.8, 4) is 0 Å². The number of fused-ring (bicyclic) bond motifs is 1. The van der Waals surface area contributed by atoms with E-state index in [9.17, 15) is 29.8 Å². The first-order valence-electron chi connectivity index (χ1n) is 6.10. The molecule has 0 aromatic carbocycles. The van der Waals surface area contributed by atoms with Gasteiger partial charge < -0.3 is 4.79 Å². The van der Waals surface area contributed by atoms with Gasteiger partial charge >= 0.3 is 0 Å². The zero-order valence-electron chi connectivity index (χ0n) is 11.0. The van der Waals surface area contributed by atoms with Crippen LogP contribution in [0.5, 0.6) is 0 Å². The van der Waals surface area contributed by atoms with Gasteiger partial charge in [0.25, 0.3) is 17.9 Å². The highest BCUT2D eigenvalue weighted by atomic mass is 16.6. The highest BCUT2D eigenvalue weighted by Crippen LogP contribution is 2.38. The summed E-state index contributed by atoms with van der Waals surface area (Å²) in [4.78, 5) is 48.1. The van der Waals surface area contributed by atoms with E-state index in [1.54, 1.807) is 0 Å². The predicted octanol–water partition coefficient (Wildman–Crippen LogP) is 0.836. The van der Waals surface area contributed by atoms with E-state index in [2.05, 4.69) is 4.98 Å². The lowest BCUT2D eigenvalue weighted by Crippen LogP contribution is -2.47. The van der Waals surface area contributed by atoms with Crippen molar-refractivity contribution in [2.24, 2.45) is 5.92 Å². The van der Waals surface area contributed by atoms with E-state index < -0.39 is 45.8 Å². The molecule has 1 aromatic rings. The average Bonchev–Trinajstić information content (AvgIpc) is 2.37. The fourth-order valence-electron chi connectivity index (χ4n) is 2.68. The van der Waals surface area contributed by atoms with Crippen LogP contribution in [-0.4, -0.2) is 32.4 Å². The number of hydrogen-bond donors (Lipinski definition) is 0. The first kappa shape index (κ1) is 14.7. The summed E-state index contributed by atoms with van der Waals surface area (Å²) in [6.45, 7) is 1.18. The van der Waals surface area contributed by atoms with Gasteiger partial charge in [-0.1, -0.05) is 0 Å². The van der Waals surface area contributed by atoms with Crippen LogP contribution in [0.1, 0.15) is 35.4 Å². The van der Waals surface area contributed by atoms with Gasteiger partial charge in [-0.3, -0.25) is 30.0 Å². The van der Waals surface area contributed by atoms with E-state index >= 15 is 0 Å². The minimum Gasteiger partial charge on any atom is -0.300 e. The number of hydrogen-bond acceptors (Lipinski definition) is 7. The molecule has 9 nitrogen and oxygen atoms in total. The number of pyridine rings is 1. The molecule has 0 saturated heterocycles. The second kappa shape index (κ2) is 5.35. The highest BCUT2D eigenvalue weighted by molar-refractivity contribution is 6.00. The Balaban J connectivity index is 2.64. The Morgan fingerprint density at radius 3 is 2.43 bits per heavy atom. The third-order valence-electron chi connectivity index (χ3n) is 3.45. The van der Waals surface area contributed by atoms with Gasteiger partial charge in [0, 0.05) is 22.5 Å². The molecule has 0 bridgehead atoms. The summed E-state index contributed by atoms with van der Waals surface area (Å²) in [5.74, 6) is -2.64. The molecule has 1 aromatic heterocycles. The summed E-state index contributed by atoms with van der Waals surface area (Å²) in [5.41, 5.74) is -0.238. The maximum absolute atomic E-state index is 12.2. The Kier molecular flexibility index (Phi) is 3.74. The lowest BCUT2D eigenvalue weighted by molar-refractivity contribution is -0.572. The molecular weight excluding hydrogens is 282 g/mol. The Labute approximate surface area is 118 Å². The van der Waals surface area contributed by atoms with E-state index in [1.165, 1.54) is 25.3 Å². The largest absolute Gasteiger partial charge is 0.300 e. The van der Waals surface area contributed by atoms with Crippen LogP contribution in [0.15, 0.2) is 18.3 Å². The molecule has 110 valence electrons. The number of carbonyl (C=O) groups excluding carboxylic acids is 2. The SMILES string of the molecule is CC(=O)CC1C([N+](=O)[O-])C(=O)c2ncccc2C1[N+](=O)[O-]. The third kappa shape index (κ3) is 2.49. The number of nitro groups is 2. The van der Waals surface area contributed by atoms with Crippen LogP contribution in [0, 0.1) is 26.1 Å². The van der Waals surface area contributed by atoms with Crippen molar-refractivity contribution in [2.45, 2.75) is 25.4 Å². The molecule has 0 amide bonds. The van der Waals surface area contributed by atoms with E-state index in [-0.39, 0.29) is 11.3 Å². The van der Waals surface area contributed by atoms with Crippen LogP contribution >= 0.6 is 0 Å². The topological polar surface area (TPSA) is 133 Å². The number of carbonyl (C=O) groups is 2. The van der Waals surface area contributed by atoms with Gasteiger partial charge in [0.1, 0.15) is 17.4 Å². The Morgan fingerprint density at radius 1 is 1.29 bits per heavy atom. The summed E-state index contributed by atoms with van der Waals surface area (Å²) in [6, 6.07) is -0.561. The van der Waals surface area contributed by atoms with Crippen LogP contribution in [0.25, 0.3) is 0 Å². The maximum Gasteiger partial charge on any atom is 0.286 e. The quantitative estimate of drug-likeness (QED) is 0.593. The average molecular weight is 293 g/mol. The van der Waals surface area contributed by atoms with E-state index in [0.29, 0.717) is 0 Å². The van der Waals surface area contributed by atoms with Gasteiger partial charge in [0.15, 0.2) is 0 Å². The molecule has 0 aliphatic heterocycles. The lowest BCUT2D eigenvalue weighted by atomic mass is 9.75. The van der Waals surface area contributed by atoms with Gasteiger partial charge in [-0.2, -0.15) is 0 Å². The van der Waals surface area contributed by atoms with Gasteiger partial charge in [-0.15, -0.1) is 0 Å². The van der Waals surface area contributed by atoms with Crippen LogP contribution in [0.3, 0.4) is 0 Å². The van der Waals surface area contributed by atoms with Crippen molar-refractivity contribution in [3.63, 3.8) is 0 Å². The fraction of sp³-hybridized carbons (Fsp3) is 0.417. The standard InChI is InChI=1S/C12H11N3O6/c1-6(16)5-8-10(14(18)19)7-3-2-4-13-9(7)12(17)11(8)15(20)21/h2-4,8,10-11H,5H2,1H3. The molecule has 0 N–H and O–H groups in total. The molecule has 9 heteroatoms. The molecule has 0 fully saturated rings. The zero-order chi connectivity index (χ0) is 15.7. The molecule has 3 atom stereocenters. The number of ketones is 2. The zero-order valence-corrected chi connectivity index (χ0v) is 11.0. The first-order valence-corrected chi connectivity index (χ1v) is 6.10. The summed E-state index contributed by atoms with van der Waals surface area (Å²) in [6.07, 6.45) is 0.841. The molecule has 1 aliphatic carbocycles. The number of Topliss-reactive ketones (excluding diaryl/α,β-unsaturated/α-hetero) is 2. The summed E-state index contributed by atoms with van der Waals surface area (Å²) in [5, 5.41) is 22.5. The van der Waals surface area contributed by atoms with Crippen LogP contribution in [-0.2, 0) is 4.79 Å². The van der Waals surface area contributed by atoms with Gasteiger partial charge in [0.2, 0.25) is 0 Å². The highest BCUT2D eigenvalue weighted by Gasteiger charge is 2.55. The predicted molar refractivity (Wildman–Crippen MR) is 67.9 cm³/mol. The molecule has 0 saturated carbocycles. The summed E-state index contributed by atoms with van der Waals surface area (Å²) < 4.78 is 0. The van der Waals surface area contributed by atoms with Gasteiger partial charge in [-0.05, 0) is 19.1 Å². The minimum absolute atomic E-state index is 0.0249. The second-order valence-electron chi connectivity index (χ2n) is 4.84. The van der Waals surface area contributed by atoms with Gasteiger partial charge in [0.05, 0.1) is 5.56 Å². The van der Waals surface area contributed by atoms with Crippen molar-refractivity contribution in [1.29, 1.82) is 0 Å². The van der Waals surface area contributed by atoms with Crippen molar-refractivity contribution < 1.29 is 19.4 Å². The summed E-state index contributed by atoms with van der Waals surface area (Å²) >= 11 is 0. The molecular formula is C12H11N3O6. The fourth-order valence-corrected chi connectivity index (χ4v) is 2.68. The number of aromatic nitrogens is 1. The molecule has 3 unspecified atom stereocenters. The van der Waals surface area contributed by atoms with Crippen molar-refractivity contribution in [3.05, 3.63) is 49.8 Å². The van der Waals surface area contributed by atoms with E-state index in [4.69, 9.17) is 0 Å². The third-order valence-corrected chi connectivity index (χ3v) is 3.45. The molecule has 1 heterocycles. The normalized spacial score (nSPS) is 24.2. The summed E-state index contributed by atoms with van der Waals surface area (Å²) in [7, 11) is 0. The van der Waals surface area contributed by atoms with Crippen LogP contribution in [0.4, 0.5) is 0 Å². The Hall–Kier alpha value is -2.71. The molecule has 1 aliphatic rings. The molecule has 0 spiro atoms. The minimum atomic E-state index is -1.83. The van der Waals surface area contributed by atoms with Crippen LogP contribution < -0.4 is 0 Å². The maximum atomic E-state index is 12.2. The van der Waals surface area contributed by atoms with E-state index in [1.807, 2.05) is 0 Å². The van der Waals surface area contributed by atoms with E-state index in [0.717, 1.165) is 0 Å². The Morgan fingerprint density at radius 2 is 1.90 bits per heavy atom. The van der Waals surface area contributed by atoms with Crippen molar-refractivity contribution in [1.82, 2.24) is 4.98 Å². The van der Waals surface area contributed by atoms with Gasteiger partial charge in [-0.25, -0.2) is 0 Å². The number of nitrogens with zero attached hydrogens (tertiary/aromatic N) is 3. The van der Waals surface area contributed by atoms with Crippen LogP contribution in [0.2, 0.25) is 0 Å². The number of rotatable bonds is 4. The molecule has 21 heavy (non-hydrogen) atoms. The smallest absolute Gasteiger partial charge is 0.286 e. The second-order valence-corrected chi connectivity index (χ2v) is 4.84. The lowest BCUT2D eigenvalue weighted by Gasteiger charge is -2.27. The monoisotopic (exact) mass is 293 g/mol. The Bertz CT molecular complexity index is 644. The van der Waals surface area contributed by atoms with Crippen molar-refractivity contribution in [2.75, 3.05) is 0 Å². The van der Waals surface area contributed by atoms with Crippen molar-refractivity contribution >= 4 is 11.6 Å². The first-order chi connectivity index (χ1) is 9.84. The molecule has 0 radical (unpaired) electrons. The molecule has 2 rings (SSSR count).